The second kappa shape index (κ2) is 13.8. The Bertz CT molecular complexity index is 453. The number of nitrogens with one attached hydrogen (secondary N) is 1. The quantitative estimate of drug-likeness (QED) is 0.622. The molecule has 8 heteroatoms. The van der Waals surface area contributed by atoms with E-state index >= 15 is 0 Å². The molecule has 0 aliphatic carbocycles. The third-order valence-corrected chi connectivity index (χ3v) is 4.80. The average molecular weight is 397 g/mol. The van der Waals surface area contributed by atoms with Gasteiger partial charge in [-0.2, -0.15) is 0 Å². The minimum atomic E-state index is 0. The number of rotatable bonds is 9. The van der Waals surface area contributed by atoms with Crippen LogP contribution in [0.15, 0.2) is 5.38 Å². The van der Waals surface area contributed by atoms with E-state index in [1.54, 1.807) is 0 Å². The molecule has 0 unspecified atom stereocenters. The van der Waals surface area contributed by atoms with E-state index in [9.17, 15) is 4.79 Å². The molecule has 0 bridgehead atoms. The zero-order chi connectivity index (χ0) is 15.6. The molecule has 2 rings (SSSR count). The van der Waals surface area contributed by atoms with Crippen molar-refractivity contribution in [2.24, 2.45) is 5.73 Å². The molecule has 1 aliphatic rings. The Morgan fingerprint density at radius 3 is 2.58 bits per heavy atom. The van der Waals surface area contributed by atoms with Gasteiger partial charge in [0.15, 0.2) is 5.13 Å². The Morgan fingerprint density at radius 1 is 1.17 bits per heavy atom. The van der Waals surface area contributed by atoms with Gasteiger partial charge in [-0.1, -0.05) is 19.3 Å². The van der Waals surface area contributed by atoms with Gasteiger partial charge in [-0.3, -0.25) is 9.69 Å². The zero-order valence-corrected chi connectivity index (χ0v) is 16.6. The molecule has 24 heavy (non-hydrogen) atoms. The number of nitrogens with two attached hydrogens (primary N) is 1. The lowest BCUT2D eigenvalue weighted by Gasteiger charge is -2.25. The second-order valence-electron chi connectivity index (χ2n) is 5.98. The molecule has 0 saturated carbocycles. The Balaban J connectivity index is 0.00000264. The summed E-state index contributed by atoms with van der Waals surface area (Å²) in [7, 11) is 0. The van der Waals surface area contributed by atoms with Crippen LogP contribution in [-0.2, 0) is 11.3 Å². The van der Waals surface area contributed by atoms with Gasteiger partial charge in [-0.15, -0.1) is 36.2 Å². The van der Waals surface area contributed by atoms with Gasteiger partial charge in [0.1, 0.15) is 0 Å². The number of carbonyl (C=O) groups excluding carboxylic acids is 1. The molecule has 1 aromatic rings. The lowest BCUT2D eigenvalue weighted by atomic mass is 10.1. The summed E-state index contributed by atoms with van der Waals surface area (Å²) in [6, 6.07) is 0. The van der Waals surface area contributed by atoms with E-state index in [1.807, 2.05) is 0 Å². The van der Waals surface area contributed by atoms with Gasteiger partial charge in [0.05, 0.1) is 5.69 Å². The molecule has 0 radical (unpaired) electrons. The van der Waals surface area contributed by atoms with Crippen molar-refractivity contribution in [3.8, 4) is 0 Å². The second-order valence-corrected chi connectivity index (χ2v) is 6.84. The van der Waals surface area contributed by atoms with E-state index in [4.69, 9.17) is 5.73 Å². The van der Waals surface area contributed by atoms with Gasteiger partial charge in [0.2, 0.25) is 5.91 Å². The maximum Gasteiger partial charge on any atom is 0.226 e. The fourth-order valence-electron chi connectivity index (χ4n) is 2.75. The van der Waals surface area contributed by atoms with Gasteiger partial charge in [-0.25, -0.2) is 4.98 Å². The summed E-state index contributed by atoms with van der Waals surface area (Å²) < 4.78 is 0. The van der Waals surface area contributed by atoms with Crippen LogP contribution < -0.4 is 11.1 Å². The monoisotopic (exact) mass is 396 g/mol. The van der Waals surface area contributed by atoms with Crippen molar-refractivity contribution in [1.29, 1.82) is 0 Å². The summed E-state index contributed by atoms with van der Waals surface area (Å²) in [6.07, 6.45) is 8.66. The maximum atomic E-state index is 11.9. The Hall–Kier alpha value is -0.400. The number of hydrogen-bond acceptors (Lipinski definition) is 5. The molecule has 1 fully saturated rings. The first kappa shape index (κ1) is 23.6. The normalized spacial score (nSPS) is 14.5. The van der Waals surface area contributed by atoms with Crippen LogP contribution in [-0.4, -0.2) is 35.4 Å². The molecule has 0 spiro atoms. The van der Waals surface area contributed by atoms with Crippen molar-refractivity contribution < 1.29 is 4.79 Å². The average Bonchev–Trinajstić information content (AvgIpc) is 2.95. The summed E-state index contributed by atoms with van der Waals surface area (Å²) in [6.45, 7) is 3.99. The highest BCUT2D eigenvalue weighted by molar-refractivity contribution is 7.13. The first-order valence-corrected chi connectivity index (χ1v) is 9.32. The Kier molecular flexibility index (Phi) is 13.6. The van der Waals surface area contributed by atoms with Crippen LogP contribution in [0.1, 0.15) is 57.1 Å². The minimum Gasteiger partial charge on any atom is -0.330 e. The van der Waals surface area contributed by atoms with Crippen molar-refractivity contribution in [2.45, 2.75) is 57.9 Å². The molecule has 2 heterocycles. The summed E-state index contributed by atoms with van der Waals surface area (Å²) in [5, 5.41) is 5.71. The highest BCUT2D eigenvalue weighted by atomic mass is 35.5. The van der Waals surface area contributed by atoms with Crippen LogP contribution in [0.2, 0.25) is 0 Å². The number of likely N-dealkylation sites (tertiary alicyclic amines) is 1. The van der Waals surface area contributed by atoms with E-state index < -0.39 is 0 Å². The number of piperidine rings is 1. The van der Waals surface area contributed by atoms with E-state index in [0.29, 0.717) is 6.42 Å². The first-order chi connectivity index (χ1) is 10.8. The number of hydrogen-bond donors (Lipinski definition) is 2. The molecule has 3 N–H and O–H groups in total. The SMILES string of the molecule is Cl.Cl.NCCCCCCC(=O)Nc1nc(CN2CCCCC2)cs1. The van der Waals surface area contributed by atoms with Crippen LogP contribution in [0.4, 0.5) is 5.13 Å². The highest BCUT2D eigenvalue weighted by Crippen LogP contribution is 2.19. The third kappa shape index (κ3) is 9.18. The highest BCUT2D eigenvalue weighted by Gasteiger charge is 2.13. The summed E-state index contributed by atoms with van der Waals surface area (Å²) >= 11 is 1.53. The van der Waals surface area contributed by atoms with Crippen LogP contribution in [0.5, 0.6) is 0 Å². The van der Waals surface area contributed by atoms with Crippen molar-refractivity contribution in [2.75, 3.05) is 25.0 Å². The molecule has 1 aliphatic heterocycles. The van der Waals surface area contributed by atoms with E-state index in [2.05, 4.69) is 20.6 Å². The number of halogens is 2. The van der Waals surface area contributed by atoms with Crippen LogP contribution in [0.3, 0.4) is 0 Å². The van der Waals surface area contributed by atoms with Crippen LogP contribution in [0, 0.1) is 0 Å². The molecular weight excluding hydrogens is 367 g/mol. The number of thiazole rings is 1. The number of nitrogens with zero attached hydrogens (tertiary/aromatic N) is 2. The number of amides is 1. The van der Waals surface area contributed by atoms with Gasteiger partial charge in [0.25, 0.3) is 0 Å². The van der Waals surface area contributed by atoms with Gasteiger partial charge in [0, 0.05) is 18.3 Å². The summed E-state index contributed by atoms with van der Waals surface area (Å²) in [5.41, 5.74) is 6.53. The van der Waals surface area contributed by atoms with E-state index in [1.165, 1.54) is 43.7 Å². The molecule has 140 valence electrons. The number of carbonyl (C=O) groups is 1. The van der Waals surface area contributed by atoms with Gasteiger partial charge >= 0.3 is 0 Å². The maximum absolute atomic E-state index is 11.9. The van der Waals surface area contributed by atoms with Crippen molar-refractivity contribution in [3.63, 3.8) is 0 Å². The number of unbranched alkanes of at least 4 members (excludes halogenated alkanes) is 3. The predicted molar refractivity (Wildman–Crippen MR) is 107 cm³/mol. The van der Waals surface area contributed by atoms with Crippen LogP contribution >= 0.6 is 36.2 Å². The van der Waals surface area contributed by atoms with E-state index in [-0.39, 0.29) is 30.7 Å². The third-order valence-electron chi connectivity index (χ3n) is 3.99. The largest absolute Gasteiger partial charge is 0.330 e. The fraction of sp³-hybridized carbons (Fsp3) is 0.750. The van der Waals surface area contributed by atoms with Crippen molar-refractivity contribution in [1.82, 2.24) is 9.88 Å². The lowest BCUT2D eigenvalue weighted by Crippen LogP contribution is -2.29. The predicted octanol–water partition coefficient (Wildman–Crippen LogP) is 3.82. The lowest BCUT2D eigenvalue weighted by molar-refractivity contribution is -0.116. The standard InChI is InChI=1S/C16H28N4OS.2ClH/c17-9-5-2-1-4-8-15(21)19-16-18-14(13-22-16)12-20-10-6-3-7-11-20;;/h13H,1-12,17H2,(H,18,19,21);2*1H. The summed E-state index contributed by atoms with van der Waals surface area (Å²) in [4.78, 5) is 18.8. The minimum absolute atomic E-state index is 0. The molecule has 5 nitrogen and oxygen atoms in total. The van der Waals surface area contributed by atoms with Gasteiger partial charge in [-0.05, 0) is 45.3 Å². The smallest absolute Gasteiger partial charge is 0.226 e. The zero-order valence-electron chi connectivity index (χ0n) is 14.2. The molecule has 0 atom stereocenters. The topological polar surface area (TPSA) is 71.2 Å². The molecule has 1 amide bonds. The molecular formula is C16H30Cl2N4OS. The van der Waals surface area contributed by atoms with Crippen LogP contribution in [0.25, 0.3) is 0 Å². The van der Waals surface area contributed by atoms with Crippen molar-refractivity contribution >= 4 is 47.2 Å². The molecule has 1 saturated heterocycles. The van der Waals surface area contributed by atoms with Gasteiger partial charge < -0.3 is 11.1 Å². The Morgan fingerprint density at radius 2 is 1.88 bits per heavy atom. The van der Waals surface area contributed by atoms with Crippen molar-refractivity contribution in [3.05, 3.63) is 11.1 Å². The first-order valence-electron chi connectivity index (χ1n) is 8.44. The molecule has 1 aromatic heterocycles. The summed E-state index contributed by atoms with van der Waals surface area (Å²) in [5.74, 6) is 0.0756. The number of aromatic nitrogens is 1. The molecule has 0 aromatic carbocycles. The number of anilines is 1. The Labute approximate surface area is 161 Å². The van der Waals surface area contributed by atoms with E-state index in [0.717, 1.165) is 49.6 Å². The fourth-order valence-corrected chi connectivity index (χ4v) is 3.47.